The highest BCUT2D eigenvalue weighted by molar-refractivity contribution is 7.17. The molecule has 0 bridgehead atoms. The summed E-state index contributed by atoms with van der Waals surface area (Å²) in [6, 6.07) is 16.3. The summed E-state index contributed by atoms with van der Waals surface area (Å²) in [5.41, 5.74) is 4.81. The van der Waals surface area contributed by atoms with Gasteiger partial charge < -0.3 is 15.0 Å². The van der Waals surface area contributed by atoms with Crippen LogP contribution < -0.4 is 5.32 Å². The monoisotopic (exact) mass is 459 g/mol. The Morgan fingerprint density at radius 1 is 1.06 bits per heavy atom. The number of fused-ring (bicyclic) bond motifs is 1. The standard InChI is InChI=1S/C26H25N3O3S/c30-25(28-20-10-8-19(9-11-20)26(31)32)21-16-33-23-12-14-29(24(21)23)15-17-4-6-18(7-5-17)22-3-1-2-13-27-22/h1-7,12-14,16,19-20H,8-11,15H2,(H,28,30)(H,31,32). The summed E-state index contributed by atoms with van der Waals surface area (Å²) in [7, 11) is 0. The van der Waals surface area contributed by atoms with E-state index in [0.717, 1.165) is 27.0 Å². The number of hydrogen-bond donors (Lipinski definition) is 2. The van der Waals surface area contributed by atoms with E-state index in [1.54, 1.807) is 17.5 Å². The van der Waals surface area contributed by atoms with Crippen molar-refractivity contribution in [2.24, 2.45) is 5.92 Å². The number of nitrogens with zero attached hydrogens (tertiary/aromatic N) is 2. The van der Waals surface area contributed by atoms with Crippen molar-refractivity contribution in [3.05, 3.63) is 77.4 Å². The van der Waals surface area contributed by atoms with Crippen LogP contribution in [0.25, 0.3) is 21.5 Å². The quantitative estimate of drug-likeness (QED) is 0.416. The average Bonchev–Trinajstić information content (AvgIpc) is 3.44. The first-order valence-corrected chi connectivity index (χ1v) is 12.1. The molecule has 1 aliphatic carbocycles. The van der Waals surface area contributed by atoms with Crippen LogP contribution in [-0.4, -0.2) is 32.6 Å². The number of hydrogen-bond acceptors (Lipinski definition) is 4. The Morgan fingerprint density at radius 3 is 2.55 bits per heavy atom. The van der Waals surface area contributed by atoms with Gasteiger partial charge in [0.2, 0.25) is 0 Å². The third-order valence-electron chi connectivity index (χ3n) is 6.41. The zero-order valence-corrected chi connectivity index (χ0v) is 18.9. The molecule has 0 spiro atoms. The Bertz CT molecular complexity index is 1270. The molecule has 4 aromatic rings. The maximum absolute atomic E-state index is 13.1. The number of thiophene rings is 1. The minimum atomic E-state index is -0.731. The second-order valence-electron chi connectivity index (χ2n) is 8.58. The molecule has 3 aromatic heterocycles. The number of carboxylic acids is 1. The van der Waals surface area contributed by atoms with E-state index < -0.39 is 5.97 Å². The lowest BCUT2D eigenvalue weighted by atomic mass is 9.86. The molecule has 0 unspecified atom stereocenters. The lowest BCUT2D eigenvalue weighted by Crippen LogP contribution is -2.38. The maximum atomic E-state index is 13.1. The van der Waals surface area contributed by atoms with Crippen molar-refractivity contribution >= 4 is 33.4 Å². The molecular weight excluding hydrogens is 434 g/mol. The summed E-state index contributed by atoms with van der Waals surface area (Å²) in [4.78, 5) is 28.6. The van der Waals surface area contributed by atoms with Crippen molar-refractivity contribution in [3.63, 3.8) is 0 Å². The number of benzene rings is 1. The summed E-state index contributed by atoms with van der Waals surface area (Å²) in [6.07, 6.45) is 6.47. The van der Waals surface area contributed by atoms with E-state index in [0.29, 0.717) is 37.8 Å². The largest absolute Gasteiger partial charge is 0.481 e. The van der Waals surface area contributed by atoms with Crippen LogP contribution in [0.1, 0.15) is 41.6 Å². The van der Waals surface area contributed by atoms with Crippen molar-refractivity contribution in [2.45, 2.75) is 38.3 Å². The van der Waals surface area contributed by atoms with Gasteiger partial charge in [0, 0.05) is 35.9 Å². The van der Waals surface area contributed by atoms with Gasteiger partial charge in [-0.25, -0.2) is 0 Å². The molecular formula is C26H25N3O3S. The van der Waals surface area contributed by atoms with Crippen LogP contribution in [-0.2, 0) is 11.3 Å². The second kappa shape index (κ2) is 9.19. The molecule has 1 saturated carbocycles. The zero-order chi connectivity index (χ0) is 22.8. The summed E-state index contributed by atoms with van der Waals surface area (Å²) in [6.45, 7) is 0.673. The Balaban J connectivity index is 1.30. The molecule has 5 rings (SSSR count). The molecule has 1 aliphatic rings. The molecule has 0 saturated heterocycles. The van der Waals surface area contributed by atoms with E-state index >= 15 is 0 Å². The fourth-order valence-electron chi connectivity index (χ4n) is 4.57. The van der Waals surface area contributed by atoms with Crippen LogP contribution in [0.5, 0.6) is 0 Å². The molecule has 1 aromatic carbocycles. The van der Waals surface area contributed by atoms with Gasteiger partial charge in [-0.15, -0.1) is 11.3 Å². The molecule has 1 amide bonds. The van der Waals surface area contributed by atoms with Gasteiger partial charge in [0.25, 0.3) is 5.91 Å². The first kappa shape index (κ1) is 21.4. The number of rotatable bonds is 6. The Morgan fingerprint density at radius 2 is 1.85 bits per heavy atom. The number of aliphatic carboxylic acids is 1. The van der Waals surface area contributed by atoms with Crippen LogP contribution in [0, 0.1) is 5.92 Å². The molecule has 2 N–H and O–H groups in total. The van der Waals surface area contributed by atoms with Crippen molar-refractivity contribution in [1.82, 2.24) is 14.9 Å². The summed E-state index contributed by atoms with van der Waals surface area (Å²) < 4.78 is 3.21. The smallest absolute Gasteiger partial charge is 0.306 e. The molecule has 0 atom stereocenters. The highest BCUT2D eigenvalue weighted by atomic mass is 32.1. The fraction of sp³-hybridized carbons (Fsp3) is 0.269. The van der Waals surface area contributed by atoms with E-state index in [1.807, 2.05) is 29.8 Å². The van der Waals surface area contributed by atoms with E-state index in [-0.39, 0.29) is 17.9 Å². The normalized spacial score (nSPS) is 18.3. The first-order chi connectivity index (χ1) is 16.1. The van der Waals surface area contributed by atoms with Crippen LogP contribution in [0.15, 0.2) is 66.3 Å². The summed E-state index contributed by atoms with van der Waals surface area (Å²) in [5, 5.41) is 14.2. The van der Waals surface area contributed by atoms with E-state index in [2.05, 4.69) is 45.2 Å². The third-order valence-corrected chi connectivity index (χ3v) is 7.35. The molecule has 0 aliphatic heterocycles. The number of pyridine rings is 1. The Kier molecular flexibility index (Phi) is 5.96. The van der Waals surface area contributed by atoms with Crippen LogP contribution >= 0.6 is 11.3 Å². The topological polar surface area (TPSA) is 84.2 Å². The predicted molar refractivity (Wildman–Crippen MR) is 129 cm³/mol. The number of amides is 1. The molecule has 168 valence electrons. The molecule has 7 heteroatoms. The highest BCUT2D eigenvalue weighted by Crippen LogP contribution is 2.30. The SMILES string of the molecule is O=C(NC1CCC(C(=O)O)CC1)c1csc2ccn(Cc3ccc(-c4ccccn4)cc3)c12. The van der Waals surface area contributed by atoms with Gasteiger partial charge in [0.05, 0.1) is 27.4 Å². The number of aromatic nitrogens is 2. The number of carbonyl (C=O) groups excluding carboxylic acids is 1. The van der Waals surface area contributed by atoms with Crippen LogP contribution in [0.4, 0.5) is 0 Å². The molecule has 6 nitrogen and oxygen atoms in total. The Hall–Kier alpha value is -3.45. The zero-order valence-electron chi connectivity index (χ0n) is 18.1. The molecule has 3 heterocycles. The average molecular weight is 460 g/mol. The number of carbonyl (C=O) groups is 2. The number of carboxylic acid groups (broad SMARTS) is 1. The van der Waals surface area contributed by atoms with Gasteiger partial charge in [-0.2, -0.15) is 0 Å². The highest BCUT2D eigenvalue weighted by Gasteiger charge is 2.27. The van der Waals surface area contributed by atoms with E-state index in [9.17, 15) is 14.7 Å². The molecule has 1 fully saturated rings. The van der Waals surface area contributed by atoms with Gasteiger partial charge in [-0.05, 0) is 49.4 Å². The van der Waals surface area contributed by atoms with E-state index in [4.69, 9.17) is 0 Å². The fourth-order valence-corrected chi connectivity index (χ4v) is 5.51. The van der Waals surface area contributed by atoms with Crippen molar-refractivity contribution in [3.8, 4) is 11.3 Å². The number of nitrogens with one attached hydrogen (secondary N) is 1. The van der Waals surface area contributed by atoms with Gasteiger partial charge >= 0.3 is 5.97 Å². The van der Waals surface area contributed by atoms with Crippen molar-refractivity contribution < 1.29 is 14.7 Å². The maximum Gasteiger partial charge on any atom is 0.306 e. The lowest BCUT2D eigenvalue weighted by Gasteiger charge is -2.26. The summed E-state index contributed by atoms with van der Waals surface area (Å²) >= 11 is 1.57. The third kappa shape index (κ3) is 4.54. The van der Waals surface area contributed by atoms with Gasteiger partial charge in [-0.3, -0.25) is 14.6 Å². The van der Waals surface area contributed by atoms with Crippen LogP contribution in [0.2, 0.25) is 0 Å². The minimum absolute atomic E-state index is 0.0330. The van der Waals surface area contributed by atoms with Gasteiger partial charge in [0.1, 0.15) is 0 Å². The van der Waals surface area contributed by atoms with E-state index in [1.165, 1.54) is 0 Å². The first-order valence-electron chi connectivity index (χ1n) is 11.2. The molecule has 0 radical (unpaired) electrons. The summed E-state index contributed by atoms with van der Waals surface area (Å²) in [5.74, 6) is -1.09. The molecule has 33 heavy (non-hydrogen) atoms. The predicted octanol–water partition coefficient (Wildman–Crippen LogP) is 5.19. The van der Waals surface area contributed by atoms with Gasteiger partial charge in [0.15, 0.2) is 0 Å². The van der Waals surface area contributed by atoms with Crippen LogP contribution in [0.3, 0.4) is 0 Å². The van der Waals surface area contributed by atoms with Gasteiger partial charge in [-0.1, -0.05) is 30.3 Å². The van der Waals surface area contributed by atoms with Crippen molar-refractivity contribution in [1.29, 1.82) is 0 Å². The second-order valence-corrected chi connectivity index (χ2v) is 9.49. The Labute approximate surface area is 195 Å². The minimum Gasteiger partial charge on any atom is -0.481 e. The lowest BCUT2D eigenvalue weighted by molar-refractivity contribution is -0.142. The van der Waals surface area contributed by atoms with Crippen molar-refractivity contribution in [2.75, 3.05) is 0 Å².